The van der Waals surface area contributed by atoms with Crippen molar-refractivity contribution in [2.75, 3.05) is 24.5 Å². The Balaban J connectivity index is 1.90. The monoisotopic (exact) mass is 360 g/mol. The molecule has 1 aromatic carbocycles. The summed E-state index contributed by atoms with van der Waals surface area (Å²) in [4.78, 5) is 4.92. The molecule has 2 atom stereocenters. The van der Waals surface area contributed by atoms with Crippen molar-refractivity contribution >= 4 is 33.2 Å². The van der Waals surface area contributed by atoms with Crippen molar-refractivity contribution in [2.24, 2.45) is 0 Å². The first-order valence-electron chi connectivity index (χ1n) is 7.21. The number of benzene rings is 1. The predicted molar refractivity (Wildman–Crippen MR) is 85.1 cm³/mol. The fourth-order valence-electron chi connectivity index (χ4n) is 3.47. The van der Waals surface area contributed by atoms with E-state index < -0.39 is 0 Å². The molecule has 2 heterocycles. The summed E-state index contributed by atoms with van der Waals surface area (Å²) in [5.74, 6) is -0.297. The van der Waals surface area contributed by atoms with Gasteiger partial charge in [0.25, 0.3) is 0 Å². The summed E-state index contributed by atoms with van der Waals surface area (Å²) in [7, 11) is 0. The van der Waals surface area contributed by atoms with Crippen LogP contribution in [-0.4, -0.2) is 36.6 Å². The number of anilines is 1. The summed E-state index contributed by atoms with van der Waals surface area (Å²) in [5.41, 5.74) is 0.936. The lowest BCUT2D eigenvalue weighted by Crippen LogP contribution is -2.59. The highest BCUT2D eigenvalue weighted by atomic mass is 79.9. The normalized spacial score (nSPS) is 27.5. The van der Waals surface area contributed by atoms with Crippen molar-refractivity contribution in [1.82, 2.24) is 4.90 Å². The van der Waals surface area contributed by atoms with Crippen molar-refractivity contribution in [2.45, 2.75) is 38.3 Å². The average Bonchev–Trinajstić information content (AvgIpc) is 2.38. The van der Waals surface area contributed by atoms with Gasteiger partial charge in [-0.3, -0.25) is 4.90 Å². The molecular formula is C15H19BrClFN2. The SMILES string of the molecule is CC1CN2CCCCC2CN1c1c(Cl)cc(F)cc1Br. The van der Waals surface area contributed by atoms with Gasteiger partial charge < -0.3 is 4.90 Å². The highest BCUT2D eigenvalue weighted by Gasteiger charge is 2.34. The van der Waals surface area contributed by atoms with Crippen molar-refractivity contribution in [3.8, 4) is 0 Å². The second kappa shape index (κ2) is 5.82. The Morgan fingerprint density at radius 2 is 2.10 bits per heavy atom. The van der Waals surface area contributed by atoms with Gasteiger partial charge >= 0.3 is 0 Å². The number of hydrogen-bond acceptors (Lipinski definition) is 2. The minimum absolute atomic E-state index is 0.297. The van der Waals surface area contributed by atoms with E-state index in [1.165, 1.54) is 37.9 Å². The van der Waals surface area contributed by atoms with Crippen LogP contribution in [0.25, 0.3) is 0 Å². The Morgan fingerprint density at radius 1 is 1.30 bits per heavy atom. The van der Waals surface area contributed by atoms with Crippen LogP contribution >= 0.6 is 27.5 Å². The second-order valence-corrected chi connectivity index (χ2v) is 7.13. The van der Waals surface area contributed by atoms with Crippen LogP contribution in [0, 0.1) is 5.82 Å². The Labute approximate surface area is 133 Å². The molecule has 0 bridgehead atoms. The molecule has 2 aliphatic heterocycles. The molecule has 0 aromatic heterocycles. The number of hydrogen-bond donors (Lipinski definition) is 0. The summed E-state index contributed by atoms with van der Waals surface area (Å²) in [5, 5.41) is 0.494. The van der Waals surface area contributed by atoms with E-state index in [1.807, 2.05) is 0 Å². The zero-order chi connectivity index (χ0) is 14.3. The zero-order valence-corrected chi connectivity index (χ0v) is 13.9. The predicted octanol–water partition coefficient (Wildman–Crippen LogP) is 4.30. The first-order valence-corrected chi connectivity index (χ1v) is 8.38. The van der Waals surface area contributed by atoms with E-state index in [1.54, 1.807) is 0 Å². The summed E-state index contributed by atoms with van der Waals surface area (Å²) in [6, 6.07) is 3.90. The number of nitrogens with zero attached hydrogens (tertiary/aromatic N) is 2. The van der Waals surface area contributed by atoms with Crippen LogP contribution in [0.1, 0.15) is 26.2 Å². The molecule has 0 spiro atoms. The van der Waals surface area contributed by atoms with Gasteiger partial charge in [-0.1, -0.05) is 18.0 Å². The standard InChI is InChI=1S/C15H19BrClFN2/c1-10-8-19-5-3-2-4-12(19)9-20(10)15-13(16)6-11(18)7-14(15)17/h6-7,10,12H,2-5,8-9H2,1H3. The lowest BCUT2D eigenvalue weighted by atomic mass is 9.96. The Bertz CT molecular complexity index is 488. The number of rotatable bonds is 1. The van der Waals surface area contributed by atoms with Crippen molar-refractivity contribution in [3.63, 3.8) is 0 Å². The highest BCUT2D eigenvalue weighted by Crippen LogP contribution is 2.38. The van der Waals surface area contributed by atoms with E-state index in [2.05, 4.69) is 32.7 Å². The van der Waals surface area contributed by atoms with Gasteiger partial charge in [-0.15, -0.1) is 0 Å². The van der Waals surface area contributed by atoms with E-state index in [9.17, 15) is 4.39 Å². The molecule has 1 aromatic rings. The first kappa shape index (κ1) is 14.6. The molecule has 110 valence electrons. The summed E-state index contributed by atoms with van der Waals surface area (Å²) < 4.78 is 14.1. The van der Waals surface area contributed by atoms with Crippen LogP contribution in [0.4, 0.5) is 10.1 Å². The third-order valence-electron chi connectivity index (χ3n) is 4.46. The molecule has 2 aliphatic rings. The lowest BCUT2D eigenvalue weighted by Gasteiger charge is -2.48. The van der Waals surface area contributed by atoms with Gasteiger partial charge in [0.1, 0.15) is 5.82 Å². The van der Waals surface area contributed by atoms with Crippen molar-refractivity contribution in [1.29, 1.82) is 0 Å². The Morgan fingerprint density at radius 3 is 2.85 bits per heavy atom. The molecule has 0 aliphatic carbocycles. The van der Waals surface area contributed by atoms with E-state index in [0.29, 0.717) is 17.1 Å². The number of piperazine rings is 1. The number of fused-ring (bicyclic) bond motifs is 1. The van der Waals surface area contributed by atoms with Crippen LogP contribution in [0.3, 0.4) is 0 Å². The zero-order valence-electron chi connectivity index (χ0n) is 11.6. The molecule has 0 radical (unpaired) electrons. The molecule has 2 nitrogen and oxygen atoms in total. The Hall–Kier alpha value is -0.320. The van der Waals surface area contributed by atoms with Gasteiger partial charge in [-0.25, -0.2) is 4.39 Å². The Kier molecular flexibility index (Phi) is 4.25. The molecule has 0 saturated carbocycles. The summed E-state index contributed by atoms with van der Waals surface area (Å²) in [6.07, 6.45) is 3.87. The van der Waals surface area contributed by atoms with Crippen LogP contribution < -0.4 is 4.90 Å². The third-order valence-corrected chi connectivity index (χ3v) is 5.35. The fourth-order valence-corrected chi connectivity index (χ4v) is 4.56. The highest BCUT2D eigenvalue weighted by molar-refractivity contribution is 9.10. The van der Waals surface area contributed by atoms with Crippen LogP contribution in [0.15, 0.2) is 16.6 Å². The van der Waals surface area contributed by atoms with Crippen LogP contribution in [-0.2, 0) is 0 Å². The van der Waals surface area contributed by atoms with E-state index in [4.69, 9.17) is 11.6 Å². The van der Waals surface area contributed by atoms with Crippen LogP contribution in [0.2, 0.25) is 5.02 Å². The largest absolute Gasteiger partial charge is 0.364 e. The van der Waals surface area contributed by atoms with Crippen molar-refractivity contribution < 1.29 is 4.39 Å². The van der Waals surface area contributed by atoms with Gasteiger partial charge in [-0.2, -0.15) is 0 Å². The average molecular weight is 362 g/mol. The molecular weight excluding hydrogens is 343 g/mol. The van der Waals surface area contributed by atoms with Gasteiger partial charge in [0.05, 0.1) is 10.7 Å². The van der Waals surface area contributed by atoms with Gasteiger partial charge in [0.15, 0.2) is 0 Å². The molecule has 5 heteroatoms. The fraction of sp³-hybridized carbons (Fsp3) is 0.600. The minimum Gasteiger partial charge on any atom is -0.364 e. The topological polar surface area (TPSA) is 6.48 Å². The van der Waals surface area contributed by atoms with E-state index >= 15 is 0 Å². The number of piperidine rings is 1. The van der Waals surface area contributed by atoms with Gasteiger partial charge in [0, 0.05) is 29.6 Å². The summed E-state index contributed by atoms with van der Waals surface area (Å²) in [6.45, 7) is 5.47. The molecule has 2 unspecified atom stereocenters. The summed E-state index contributed by atoms with van der Waals surface area (Å²) >= 11 is 9.75. The lowest BCUT2D eigenvalue weighted by molar-refractivity contribution is 0.115. The first-order chi connectivity index (χ1) is 9.56. The maximum absolute atomic E-state index is 13.4. The molecule has 0 N–H and O–H groups in total. The van der Waals surface area contributed by atoms with Gasteiger partial charge in [-0.05, 0) is 54.4 Å². The van der Waals surface area contributed by atoms with Gasteiger partial charge in [0.2, 0.25) is 0 Å². The van der Waals surface area contributed by atoms with Crippen molar-refractivity contribution in [3.05, 3.63) is 27.4 Å². The second-order valence-electron chi connectivity index (χ2n) is 5.86. The molecule has 2 fully saturated rings. The molecule has 20 heavy (non-hydrogen) atoms. The molecule has 2 saturated heterocycles. The number of halogens is 3. The molecule has 3 rings (SSSR count). The van der Waals surface area contributed by atoms with E-state index in [-0.39, 0.29) is 5.82 Å². The minimum atomic E-state index is -0.297. The quantitative estimate of drug-likeness (QED) is 0.735. The molecule has 0 amide bonds. The third kappa shape index (κ3) is 2.70. The maximum Gasteiger partial charge on any atom is 0.125 e. The van der Waals surface area contributed by atoms with E-state index in [0.717, 1.165) is 23.2 Å². The smallest absolute Gasteiger partial charge is 0.125 e. The maximum atomic E-state index is 13.4. The van der Waals surface area contributed by atoms with Crippen LogP contribution in [0.5, 0.6) is 0 Å².